The zero-order chi connectivity index (χ0) is 19.8. The van der Waals surface area contributed by atoms with Crippen molar-refractivity contribution in [1.82, 2.24) is 15.6 Å². The van der Waals surface area contributed by atoms with E-state index in [1.165, 1.54) is 24.3 Å². The van der Waals surface area contributed by atoms with Gasteiger partial charge in [0.15, 0.2) is 0 Å². The van der Waals surface area contributed by atoms with Crippen molar-refractivity contribution >= 4 is 39.9 Å². The third kappa shape index (κ3) is 2.80. The summed E-state index contributed by atoms with van der Waals surface area (Å²) >= 11 is 0. The minimum atomic E-state index is -0.722. The summed E-state index contributed by atoms with van der Waals surface area (Å²) in [6.07, 6.45) is 1.59. The van der Waals surface area contributed by atoms with Crippen LogP contribution in [-0.4, -0.2) is 27.6 Å². The first-order valence-electron chi connectivity index (χ1n) is 8.18. The Kier molecular flexibility index (Phi) is 3.96. The molecule has 1 aromatic heterocycles. The van der Waals surface area contributed by atoms with E-state index >= 15 is 0 Å². The highest BCUT2D eigenvalue weighted by Gasteiger charge is 2.34. The summed E-state index contributed by atoms with van der Waals surface area (Å²) in [6.45, 7) is 0. The number of amides is 3. The summed E-state index contributed by atoms with van der Waals surface area (Å²) in [6, 6.07) is 12.1. The molecule has 2 heterocycles. The fourth-order valence-corrected chi connectivity index (χ4v) is 3.03. The molecule has 0 saturated heterocycles. The predicted octanol–water partition coefficient (Wildman–Crippen LogP) is 1.87. The number of fused-ring (bicyclic) bond motifs is 1. The Bertz CT molecular complexity index is 1190. The number of non-ortho nitro benzene ring substituents is 1. The third-order valence-electron chi connectivity index (χ3n) is 4.37. The standard InChI is InChI=1S/C19H12N4O5/c24-17(10-5-7-11(8-6-10)23(27)28)21-16-15(18(25)22-19(16)26)13-9-20-14-4-2-1-3-12(13)14/h1-9,20H,(H2,21,22,24,25,26). The van der Waals surface area contributed by atoms with Gasteiger partial charge >= 0.3 is 0 Å². The number of imide groups is 1. The molecule has 9 nitrogen and oxygen atoms in total. The van der Waals surface area contributed by atoms with E-state index in [1.807, 2.05) is 12.1 Å². The van der Waals surface area contributed by atoms with Crippen molar-refractivity contribution < 1.29 is 19.3 Å². The molecule has 28 heavy (non-hydrogen) atoms. The zero-order valence-corrected chi connectivity index (χ0v) is 14.2. The number of hydrogen-bond donors (Lipinski definition) is 3. The van der Waals surface area contributed by atoms with Gasteiger partial charge in [0, 0.05) is 40.4 Å². The SMILES string of the molecule is O=C1NC(=O)C(c2c[nH]c3ccccc23)=C1NC(=O)c1ccc([N+](=O)[O-])cc1. The summed E-state index contributed by atoms with van der Waals surface area (Å²) in [5.41, 5.74) is 1.10. The number of aromatic amines is 1. The second kappa shape index (κ2) is 6.47. The molecule has 3 aromatic rings. The molecule has 1 aliphatic heterocycles. The molecular weight excluding hydrogens is 364 g/mol. The van der Waals surface area contributed by atoms with Crippen LogP contribution in [0.4, 0.5) is 5.69 Å². The largest absolute Gasteiger partial charge is 0.361 e. The minimum absolute atomic E-state index is 0.0534. The Morgan fingerprint density at radius 1 is 1.00 bits per heavy atom. The summed E-state index contributed by atoms with van der Waals surface area (Å²) in [4.78, 5) is 50.2. The highest BCUT2D eigenvalue weighted by Crippen LogP contribution is 2.29. The number of carbonyl (C=O) groups is 3. The number of aromatic nitrogens is 1. The summed E-state index contributed by atoms with van der Waals surface area (Å²) in [5.74, 6) is -2.00. The normalized spacial score (nSPS) is 13.7. The number of rotatable bonds is 4. The number of para-hydroxylation sites is 1. The zero-order valence-electron chi connectivity index (χ0n) is 14.2. The van der Waals surface area contributed by atoms with Crippen LogP contribution in [0.3, 0.4) is 0 Å². The van der Waals surface area contributed by atoms with E-state index in [0.717, 1.165) is 10.9 Å². The first kappa shape index (κ1) is 17.2. The summed E-state index contributed by atoms with van der Waals surface area (Å²) in [5, 5.41) is 16.1. The first-order chi connectivity index (χ1) is 13.5. The van der Waals surface area contributed by atoms with Crippen molar-refractivity contribution in [3.8, 4) is 0 Å². The number of benzene rings is 2. The second-order valence-electron chi connectivity index (χ2n) is 6.04. The van der Waals surface area contributed by atoms with E-state index in [0.29, 0.717) is 5.56 Å². The highest BCUT2D eigenvalue weighted by atomic mass is 16.6. The van der Waals surface area contributed by atoms with E-state index in [9.17, 15) is 24.5 Å². The maximum atomic E-state index is 12.5. The second-order valence-corrected chi connectivity index (χ2v) is 6.04. The molecule has 2 aromatic carbocycles. The molecule has 0 unspecified atom stereocenters. The lowest BCUT2D eigenvalue weighted by atomic mass is 10.0. The van der Waals surface area contributed by atoms with Crippen molar-refractivity contribution in [2.75, 3.05) is 0 Å². The quantitative estimate of drug-likeness (QED) is 0.363. The Morgan fingerprint density at radius 2 is 1.71 bits per heavy atom. The Hall–Kier alpha value is -4.27. The molecule has 0 bridgehead atoms. The van der Waals surface area contributed by atoms with E-state index in [-0.39, 0.29) is 22.5 Å². The molecule has 0 saturated carbocycles. The van der Waals surface area contributed by atoms with Gasteiger partial charge in [0.2, 0.25) is 0 Å². The Labute approximate surface area is 157 Å². The number of hydrogen-bond acceptors (Lipinski definition) is 5. The van der Waals surface area contributed by atoms with Gasteiger partial charge in [0.1, 0.15) is 5.70 Å². The van der Waals surface area contributed by atoms with Gasteiger partial charge in [-0.1, -0.05) is 18.2 Å². The Morgan fingerprint density at radius 3 is 2.43 bits per heavy atom. The van der Waals surface area contributed by atoms with Crippen LogP contribution in [-0.2, 0) is 9.59 Å². The number of nitro benzene ring substituents is 1. The van der Waals surface area contributed by atoms with Crippen LogP contribution >= 0.6 is 0 Å². The lowest BCUT2D eigenvalue weighted by Crippen LogP contribution is -2.30. The fourth-order valence-electron chi connectivity index (χ4n) is 3.03. The van der Waals surface area contributed by atoms with Gasteiger partial charge in [-0.15, -0.1) is 0 Å². The van der Waals surface area contributed by atoms with Crippen LogP contribution in [0.5, 0.6) is 0 Å². The van der Waals surface area contributed by atoms with Crippen molar-refractivity contribution in [2.45, 2.75) is 0 Å². The molecule has 0 fully saturated rings. The monoisotopic (exact) mass is 376 g/mol. The topological polar surface area (TPSA) is 134 Å². The molecule has 3 amide bonds. The van der Waals surface area contributed by atoms with E-state index in [4.69, 9.17) is 0 Å². The van der Waals surface area contributed by atoms with Gasteiger partial charge in [-0.05, 0) is 18.2 Å². The maximum absolute atomic E-state index is 12.5. The number of nitro groups is 1. The fraction of sp³-hybridized carbons (Fsp3) is 0. The number of nitrogens with zero attached hydrogens (tertiary/aromatic N) is 1. The van der Waals surface area contributed by atoms with Crippen LogP contribution in [0, 0.1) is 10.1 Å². The van der Waals surface area contributed by atoms with Crippen LogP contribution in [0.25, 0.3) is 16.5 Å². The Balaban J connectivity index is 1.73. The van der Waals surface area contributed by atoms with Gasteiger partial charge in [-0.2, -0.15) is 0 Å². The van der Waals surface area contributed by atoms with Crippen molar-refractivity contribution in [2.24, 2.45) is 0 Å². The summed E-state index contributed by atoms with van der Waals surface area (Å²) in [7, 11) is 0. The van der Waals surface area contributed by atoms with Crippen molar-refractivity contribution in [1.29, 1.82) is 0 Å². The van der Waals surface area contributed by atoms with Crippen molar-refractivity contribution in [3.63, 3.8) is 0 Å². The molecule has 0 spiro atoms. The average Bonchev–Trinajstić information content (AvgIpc) is 3.22. The summed E-state index contributed by atoms with van der Waals surface area (Å²) < 4.78 is 0. The van der Waals surface area contributed by atoms with Gasteiger partial charge < -0.3 is 10.3 Å². The molecular formula is C19H12N4O5. The molecule has 1 aliphatic rings. The molecule has 3 N–H and O–H groups in total. The van der Waals surface area contributed by atoms with E-state index in [2.05, 4.69) is 15.6 Å². The first-order valence-corrected chi connectivity index (χ1v) is 8.18. The molecule has 4 rings (SSSR count). The lowest BCUT2D eigenvalue weighted by Gasteiger charge is -2.06. The number of carbonyl (C=O) groups excluding carboxylic acids is 3. The predicted molar refractivity (Wildman–Crippen MR) is 98.9 cm³/mol. The van der Waals surface area contributed by atoms with Gasteiger partial charge in [0.25, 0.3) is 23.4 Å². The highest BCUT2D eigenvalue weighted by molar-refractivity contribution is 6.38. The molecule has 0 atom stereocenters. The molecule has 0 radical (unpaired) electrons. The lowest BCUT2D eigenvalue weighted by molar-refractivity contribution is -0.384. The van der Waals surface area contributed by atoms with Gasteiger partial charge in [-0.3, -0.25) is 29.8 Å². The number of H-pyrrole nitrogens is 1. The van der Waals surface area contributed by atoms with Crippen LogP contribution in [0.1, 0.15) is 15.9 Å². The molecule has 0 aliphatic carbocycles. The third-order valence-corrected chi connectivity index (χ3v) is 4.37. The van der Waals surface area contributed by atoms with Crippen molar-refractivity contribution in [3.05, 3.63) is 81.7 Å². The van der Waals surface area contributed by atoms with Crippen LogP contribution in [0.15, 0.2) is 60.4 Å². The minimum Gasteiger partial charge on any atom is -0.361 e. The molecule has 138 valence electrons. The van der Waals surface area contributed by atoms with E-state index in [1.54, 1.807) is 18.3 Å². The smallest absolute Gasteiger partial charge is 0.275 e. The number of nitrogens with one attached hydrogen (secondary N) is 3. The molecule has 9 heteroatoms. The average molecular weight is 376 g/mol. The van der Waals surface area contributed by atoms with E-state index < -0.39 is 22.6 Å². The van der Waals surface area contributed by atoms with Gasteiger partial charge in [-0.25, -0.2) is 0 Å². The van der Waals surface area contributed by atoms with Gasteiger partial charge in [0.05, 0.1) is 10.5 Å². The van der Waals surface area contributed by atoms with Crippen LogP contribution < -0.4 is 10.6 Å². The maximum Gasteiger partial charge on any atom is 0.275 e. The van der Waals surface area contributed by atoms with Crippen LogP contribution in [0.2, 0.25) is 0 Å².